The first-order valence-electron chi connectivity index (χ1n) is 10.5. The highest BCUT2D eigenvalue weighted by Gasteiger charge is 2.31. The normalized spacial score (nSPS) is 14.7. The van der Waals surface area contributed by atoms with E-state index in [1.807, 2.05) is 20.8 Å². The standard InChI is InChI=1S/C23H28ClN3O5S/c1-23(2,3)22(29)27-12-10-26(11-13-27)21(28)16-6-5-7-18(14-16)33(30,31)25-19-15-17(24)8-9-20(19)32-4/h5-9,14-15,25H,10-13H2,1-4H3. The molecule has 0 atom stereocenters. The molecule has 8 nitrogen and oxygen atoms in total. The quantitative estimate of drug-likeness (QED) is 0.688. The largest absolute Gasteiger partial charge is 0.495 e. The molecule has 1 N–H and O–H groups in total. The zero-order valence-electron chi connectivity index (χ0n) is 19.1. The van der Waals surface area contributed by atoms with Crippen LogP contribution in [0.15, 0.2) is 47.4 Å². The molecule has 3 rings (SSSR count). The Hall–Kier alpha value is -2.78. The van der Waals surface area contributed by atoms with Crippen LogP contribution in [0.3, 0.4) is 0 Å². The number of methoxy groups -OCH3 is 1. The molecule has 1 heterocycles. The van der Waals surface area contributed by atoms with E-state index in [-0.39, 0.29) is 28.0 Å². The highest BCUT2D eigenvalue weighted by molar-refractivity contribution is 7.92. The molecular formula is C23H28ClN3O5S. The number of rotatable bonds is 5. The van der Waals surface area contributed by atoms with Crippen LogP contribution in [0.4, 0.5) is 5.69 Å². The maximum Gasteiger partial charge on any atom is 0.262 e. The summed E-state index contributed by atoms with van der Waals surface area (Å²) in [5.41, 5.74) is -0.0269. The summed E-state index contributed by atoms with van der Waals surface area (Å²) in [6.45, 7) is 7.25. The minimum absolute atomic E-state index is 0.0465. The predicted octanol–water partition coefficient (Wildman–Crippen LogP) is 3.48. The number of ether oxygens (including phenoxy) is 1. The number of carbonyl (C=O) groups is 2. The van der Waals surface area contributed by atoms with Crippen LogP contribution in [0.25, 0.3) is 0 Å². The number of sulfonamides is 1. The van der Waals surface area contributed by atoms with Gasteiger partial charge in [0.15, 0.2) is 0 Å². The molecule has 1 aliphatic heterocycles. The summed E-state index contributed by atoms with van der Waals surface area (Å²) in [5, 5.41) is 0.349. The van der Waals surface area contributed by atoms with Gasteiger partial charge in [-0.15, -0.1) is 0 Å². The lowest BCUT2D eigenvalue weighted by Gasteiger charge is -2.37. The van der Waals surface area contributed by atoms with Gasteiger partial charge in [0.1, 0.15) is 5.75 Å². The van der Waals surface area contributed by atoms with Gasteiger partial charge in [-0.2, -0.15) is 0 Å². The number of piperazine rings is 1. The van der Waals surface area contributed by atoms with Crippen molar-refractivity contribution < 1.29 is 22.7 Å². The Balaban J connectivity index is 1.75. The van der Waals surface area contributed by atoms with Crippen LogP contribution in [0.5, 0.6) is 5.75 Å². The molecule has 0 aromatic heterocycles. The molecule has 1 saturated heterocycles. The van der Waals surface area contributed by atoms with Crippen molar-refractivity contribution in [2.24, 2.45) is 5.41 Å². The van der Waals surface area contributed by atoms with Crippen LogP contribution < -0.4 is 9.46 Å². The molecule has 0 radical (unpaired) electrons. The molecule has 0 spiro atoms. The van der Waals surface area contributed by atoms with Crippen molar-refractivity contribution in [3.8, 4) is 5.75 Å². The Labute approximate surface area is 199 Å². The molecule has 0 aliphatic carbocycles. The van der Waals surface area contributed by atoms with Crippen LogP contribution in [-0.2, 0) is 14.8 Å². The lowest BCUT2D eigenvalue weighted by molar-refractivity contribution is -0.140. The Kier molecular flexibility index (Phi) is 7.23. The first kappa shape index (κ1) is 24.9. The number of hydrogen-bond acceptors (Lipinski definition) is 5. The van der Waals surface area contributed by atoms with Crippen molar-refractivity contribution in [1.82, 2.24) is 9.80 Å². The second kappa shape index (κ2) is 9.61. The van der Waals surface area contributed by atoms with E-state index in [0.29, 0.717) is 37.0 Å². The number of amides is 2. The third-order valence-electron chi connectivity index (χ3n) is 5.29. The molecule has 0 saturated carbocycles. The number of benzene rings is 2. The molecule has 0 bridgehead atoms. The van der Waals surface area contributed by atoms with Crippen molar-refractivity contribution in [1.29, 1.82) is 0 Å². The van der Waals surface area contributed by atoms with Crippen LogP contribution in [0, 0.1) is 5.41 Å². The van der Waals surface area contributed by atoms with Gasteiger partial charge in [0.05, 0.1) is 17.7 Å². The molecule has 2 amide bonds. The first-order valence-corrected chi connectivity index (χ1v) is 12.3. The molecule has 178 valence electrons. The van der Waals surface area contributed by atoms with Crippen molar-refractivity contribution in [2.45, 2.75) is 25.7 Å². The van der Waals surface area contributed by atoms with Gasteiger partial charge in [0, 0.05) is 42.2 Å². The van der Waals surface area contributed by atoms with E-state index >= 15 is 0 Å². The van der Waals surface area contributed by atoms with Gasteiger partial charge >= 0.3 is 0 Å². The van der Waals surface area contributed by atoms with Gasteiger partial charge in [-0.05, 0) is 36.4 Å². The molecular weight excluding hydrogens is 466 g/mol. The van der Waals surface area contributed by atoms with E-state index in [1.165, 1.54) is 31.4 Å². The molecule has 2 aromatic carbocycles. The molecule has 33 heavy (non-hydrogen) atoms. The maximum atomic E-state index is 13.0. The number of carbonyl (C=O) groups excluding carboxylic acids is 2. The molecule has 10 heteroatoms. The van der Waals surface area contributed by atoms with E-state index in [4.69, 9.17) is 16.3 Å². The van der Waals surface area contributed by atoms with Crippen LogP contribution in [-0.4, -0.2) is 63.3 Å². The Bertz CT molecular complexity index is 1150. The second-order valence-electron chi connectivity index (χ2n) is 8.81. The van der Waals surface area contributed by atoms with Crippen molar-refractivity contribution in [2.75, 3.05) is 38.0 Å². The Morgan fingerprint density at radius 2 is 1.64 bits per heavy atom. The second-order valence-corrected chi connectivity index (χ2v) is 10.9. The van der Waals surface area contributed by atoms with Crippen molar-refractivity contribution >= 4 is 39.1 Å². The number of anilines is 1. The summed E-state index contributed by atoms with van der Waals surface area (Å²) in [5.74, 6) is 0.0818. The van der Waals surface area contributed by atoms with E-state index in [1.54, 1.807) is 28.0 Å². The fourth-order valence-electron chi connectivity index (χ4n) is 3.53. The van der Waals surface area contributed by atoms with Gasteiger partial charge in [-0.1, -0.05) is 38.4 Å². The SMILES string of the molecule is COc1ccc(Cl)cc1NS(=O)(=O)c1cccc(C(=O)N2CCN(C(=O)C(C)(C)C)CC2)c1. The summed E-state index contributed by atoms with van der Waals surface area (Å²) in [6.07, 6.45) is 0. The van der Waals surface area contributed by atoms with Crippen LogP contribution >= 0.6 is 11.6 Å². The monoisotopic (exact) mass is 493 g/mol. The van der Waals surface area contributed by atoms with Crippen molar-refractivity contribution in [3.05, 3.63) is 53.1 Å². The minimum Gasteiger partial charge on any atom is -0.495 e. The predicted molar refractivity (Wildman–Crippen MR) is 127 cm³/mol. The van der Waals surface area contributed by atoms with Crippen LogP contribution in [0.2, 0.25) is 5.02 Å². The number of hydrogen-bond donors (Lipinski definition) is 1. The third kappa shape index (κ3) is 5.78. The summed E-state index contributed by atoms with van der Waals surface area (Å²) >= 11 is 5.99. The lowest BCUT2D eigenvalue weighted by atomic mass is 9.94. The summed E-state index contributed by atoms with van der Waals surface area (Å²) < 4.78 is 33.6. The van der Waals surface area contributed by atoms with Gasteiger partial charge < -0.3 is 14.5 Å². The van der Waals surface area contributed by atoms with Crippen molar-refractivity contribution in [3.63, 3.8) is 0 Å². The zero-order valence-corrected chi connectivity index (χ0v) is 20.7. The summed E-state index contributed by atoms with van der Waals surface area (Å²) in [6, 6.07) is 10.5. The van der Waals surface area contributed by atoms with Crippen LogP contribution in [0.1, 0.15) is 31.1 Å². The van der Waals surface area contributed by atoms with E-state index in [9.17, 15) is 18.0 Å². The fraction of sp³-hybridized carbons (Fsp3) is 0.391. The van der Waals surface area contributed by atoms with E-state index < -0.39 is 15.4 Å². The molecule has 2 aromatic rings. The molecule has 1 aliphatic rings. The Morgan fingerprint density at radius 3 is 2.24 bits per heavy atom. The number of nitrogens with one attached hydrogen (secondary N) is 1. The molecule has 0 unspecified atom stereocenters. The van der Waals surface area contributed by atoms with E-state index in [0.717, 1.165) is 0 Å². The highest BCUT2D eigenvalue weighted by Crippen LogP contribution is 2.30. The van der Waals surface area contributed by atoms with Gasteiger partial charge in [0.25, 0.3) is 15.9 Å². The average Bonchev–Trinajstić information content (AvgIpc) is 2.77. The number of nitrogens with zero attached hydrogens (tertiary/aromatic N) is 2. The average molecular weight is 494 g/mol. The first-order chi connectivity index (χ1) is 15.4. The van der Waals surface area contributed by atoms with Gasteiger partial charge in [-0.25, -0.2) is 8.42 Å². The maximum absolute atomic E-state index is 13.0. The topological polar surface area (TPSA) is 96.0 Å². The highest BCUT2D eigenvalue weighted by atomic mass is 35.5. The third-order valence-corrected chi connectivity index (χ3v) is 6.89. The lowest BCUT2D eigenvalue weighted by Crippen LogP contribution is -2.53. The zero-order chi connectivity index (χ0) is 24.4. The summed E-state index contributed by atoms with van der Waals surface area (Å²) in [4.78, 5) is 28.8. The van der Waals surface area contributed by atoms with E-state index in [2.05, 4.69) is 4.72 Å². The van der Waals surface area contributed by atoms with Gasteiger partial charge in [-0.3, -0.25) is 14.3 Å². The smallest absolute Gasteiger partial charge is 0.262 e. The fourth-order valence-corrected chi connectivity index (χ4v) is 4.81. The molecule has 1 fully saturated rings. The number of halogens is 1. The van der Waals surface area contributed by atoms with Gasteiger partial charge in [0.2, 0.25) is 5.91 Å². The minimum atomic E-state index is -4.00. The Morgan fingerprint density at radius 1 is 1.00 bits per heavy atom. The summed E-state index contributed by atoms with van der Waals surface area (Å²) in [7, 11) is -2.57.